The molecule has 0 aromatic heterocycles. The average molecular weight is 207 g/mol. The molecule has 0 fully saturated rings. The van der Waals surface area contributed by atoms with Gasteiger partial charge in [0.05, 0.1) is 11.6 Å². The van der Waals surface area contributed by atoms with E-state index >= 15 is 0 Å². The van der Waals surface area contributed by atoms with Crippen LogP contribution in [0, 0.1) is 19.8 Å². The zero-order chi connectivity index (χ0) is 11.4. The summed E-state index contributed by atoms with van der Waals surface area (Å²) in [4.78, 5) is 16.2. The van der Waals surface area contributed by atoms with Crippen molar-refractivity contribution >= 4 is 11.7 Å². The SMILES string of the molecule is Cc1cccc(C)c1NOC(=O)C(C)C. The lowest BCUT2D eigenvalue weighted by Gasteiger charge is -2.12. The van der Waals surface area contributed by atoms with Crippen LogP contribution >= 0.6 is 0 Å². The first-order valence-corrected chi connectivity index (χ1v) is 5.05. The van der Waals surface area contributed by atoms with Gasteiger partial charge in [-0.15, -0.1) is 0 Å². The molecule has 3 nitrogen and oxygen atoms in total. The summed E-state index contributed by atoms with van der Waals surface area (Å²) in [6.45, 7) is 7.54. The number of carbonyl (C=O) groups is 1. The number of hydrogen-bond acceptors (Lipinski definition) is 3. The van der Waals surface area contributed by atoms with Crippen LogP contribution in [0.1, 0.15) is 25.0 Å². The number of hydrogen-bond donors (Lipinski definition) is 1. The largest absolute Gasteiger partial charge is 0.343 e. The van der Waals surface area contributed by atoms with Gasteiger partial charge >= 0.3 is 5.97 Å². The molecule has 0 saturated heterocycles. The average Bonchev–Trinajstić information content (AvgIpc) is 2.16. The third-order valence-corrected chi connectivity index (χ3v) is 2.21. The molecule has 0 spiro atoms. The Hall–Kier alpha value is -1.51. The van der Waals surface area contributed by atoms with Crippen molar-refractivity contribution < 1.29 is 9.63 Å². The van der Waals surface area contributed by atoms with E-state index in [1.165, 1.54) is 0 Å². The fourth-order valence-electron chi connectivity index (χ4n) is 1.19. The van der Waals surface area contributed by atoms with Crippen molar-refractivity contribution in [2.24, 2.45) is 5.92 Å². The monoisotopic (exact) mass is 207 g/mol. The Bertz CT molecular complexity index is 338. The van der Waals surface area contributed by atoms with Gasteiger partial charge in [0.15, 0.2) is 0 Å². The van der Waals surface area contributed by atoms with Gasteiger partial charge in [0, 0.05) is 0 Å². The van der Waals surface area contributed by atoms with Crippen molar-refractivity contribution in [2.45, 2.75) is 27.7 Å². The maximum atomic E-state index is 11.3. The molecule has 0 amide bonds. The molecule has 82 valence electrons. The van der Waals surface area contributed by atoms with Crippen molar-refractivity contribution in [3.8, 4) is 0 Å². The van der Waals surface area contributed by atoms with E-state index in [1.54, 1.807) is 13.8 Å². The highest BCUT2D eigenvalue weighted by Gasteiger charge is 2.09. The second-order valence-electron chi connectivity index (χ2n) is 3.94. The second kappa shape index (κ2) is 4.82. The number of anilines is 1. The van der Waals surface area contributed by atoms with E-state index in [9.17, 15) is 4.79 Å². The van der Waals surface area contributed by atoms with E-state index in [1.807, 2.05) is 32.0 Å². The molecule has 0 bridgehead atoms. The molecule has 1 aromatic rings. The number of benzene rings is 1. The summed E-state index contributed by atoms with van der Waals surface area (Å²) in [6, 6.07) is 5.91. The number of para-hydroxylation sites is 1. The molecule has 1 N–H and O–H groups in total. The molecule has 1 aromatic carbocycles. The van der Waals surface area contributed by atoms with Crippen molar-refractivity contribution in [1.82, 2.24) is 0 Å². The minimum absolute atomic E-state index is 0.123. The third-order valence-electron chi connectivity index (χ3n) is 2.21. The number of aryl methyl sites for hydroxylation is 2. The molecule has 0 aliphatic rings. The lowest BCUT2D eigenvalue weighted by atomic mass is 10.1. The smallest absolute Gasteiger partial charge is 0.334 e. The zero-order valence-electron chi connectivity index (χ0n) is 9.63. The molecule has 15 heavy (non-hydrogen) atoms. The van der Waals surface area contributed by atoms with Gasteiger partial charge in [-0.1, -0.05) is 32.0 Å². The van der Waals surface area contributed by atoms with Crippen LogP contribution in [0.2, 0.25) is 0 Å². The van der Waals surface area contributed by atoms with Crippen molar-refractivity contribution in [2.75, 3.05) is 5.48 Å². The fourth-order valence-corrected chi connectivity index (χ4v) is 1.19. The maximum absolute atomic E-state index is 11.3. The van der Waals surface area contributed by atoms with Crippen LogP contribution in [0.5, 0.6) is 0 Å². The predicted octanol–water partition coefficient (Wildman–Crippen LogP) is 2.83. The van der Waals surface area contributed by atoms with E-state index in [0.717, 1.165) is 16.8 Å². The van der Waals surface area contributed by atoms with Gasteiger partial charge in [-0.2, -0.15) is 0 Å². The predicted molar refractivity (Wildman–Crippen MR) is 60.5 cm³/mol. The molecule has 0 aliphatic heterocycles. The summed E-state index contributed by atoms with van der Waals surface area (Å²) in [5, 5.41) is 0. The van der Waals surface area contributed by atoms with E-state index in [-0.39, 0.29) is 11.9 Å². The van der Waals surface area contributed by atoms with E-state index in [0.29, 0.717) is 0 Å². The number of nitrogens with one attached hydrogen (secondary N) is 1. The number of rotatable bonds is 3. The van der Waals surface area contributed by atoms with Crippen molar-refractivity contribution in [3.05, 3.63) is 29.3 Å². The Morgan fingerprint density at radius 1 is 1.27 bits per heavy atom. The van der Waals surface area contributed by atoms with Gasteiger partial charge in [0.2, 0.25) is 0 Å². The van der Waals surface area contributed by atoms with E-state index in [2.05, 4.69) is 5.48 Å². The lowest BCUT2D eigenvalue weighted by molar-refractivity contribution is -0.144. The molecule has 3 heteroatoms. The Balaban J connectivity index is 2.69. The summed E-state index contributed by atoms with van der Waals surface area (Å²) < 4.78 is 0. The lowest BCUT2D eigenvalue weighted by Crippen LogP contribution is -2.16. The maximum Gasteiger partial charge on any atom is 0.334 e. The Kier molecular flexibility index (Phi) is 3.72. The quantitative estimate of drug-likeness (QED) is 0.774. The highest BCUT2D eigenvalue weighted by Crippen LogP contribution is 2.19. The fraction of sp³-hybridized carbons (Fsp3) is 0.417. The van der Waals surface area contributed by atoms with Gasteiger partial charge in [-0.3, -0.25) is 0 Å². The minimum Gasteiger partial charge on any atom is -0.343 e. The summed E-state index contributed by atoms with van der Waals surface area (Å²) >= 11 is 0. The summed E-state index contributed by atoms with van der Waals surface area (Å²) in [6.07, 6.45) is 0. The van der Waals surface area contributed by atoms with Gasteiger partial charge in [-0.25, -0.2) is 10.3 Å². The molecule has 0 radical (unpaired) electrons. The standard InChI is InChI=1S/C12H17NO2/c1-8(2)12(14)15-13-11-9(3)6-5-7-10(11)4/h5-8,13H,1-4H3. The minimum atomic E-state index is -0.252. The van der Waals surface area contributed by atoms with Crippen molar-refractivity contribution in [3.63, 3.8) is 0 Å². The molecule has 0 saturated carbocycles. The Morgan fingerprint density at radius 2 is 1.80 bits per heavy atom. The van der Waals surface area contributed by atoms with Crippen LogP contribution < -0.4 is 5.48 Å². The van der Waals surface area contributed by atoms with Gasteiger partial charge < -0.3 is 4.84 Å². The molecule has 0 heterocycles. The highest BCUT2D eigenvalue weighted by atomic mass is 16.7. The summed E-state index contributed by atoms with van der Waals surface area (Å²) in [7, 11) is 0. The summed E-state index contributed by atoms with van der Waals surface area (Å²) in [5.41, 5.74) is 5.70. The second-order valence-corrected chi connectivity index (χ2v) is 3.94. The van der Waals surface area contributed by atoms with E-state index < -0.39 is 0 Å². The third kappa shape index (κ3) is 2.98. The molecular weight excluding hydrogens is 190 g/mol. The van der Waals surface area contributed by atoms with Crippen LogP contribution in [0.3, 0.4) is 0 Å². The Labute approximate surface area is 90.4 Å². The van der Waals surface area contributed by atoms with Gasteiger partial charge in [-0.05, 0) is 25.0 Å². The van der Waals surface area contributed by atoms with Crippen LogP contribution in [-0.4, -0.2) is 5.97 Å². The Morgan fingerprint density at radius 3 is 2.27 bits per heavy atom. The molecule has 0 atom stereocenters. The zero-order valence-corrected chi connectivity index (χ0v) is 9.63. The van der Waals surface area contributed by atoms with E-state index in [4.69, 9.17) is 4.84 Å². The van der Waals surface area contributed by atoms with Crippen LogP contribution in [0.4, 0.5) is 5.69 Å². The summed E-state index contributed by atoms with van der Waals surface area (Å²) in [5.74, 6) is -0.375. The molecule has 0 aliphatic carbocycles. The highest BCUT2D eigenvalue weighted by molar-refractivity contribution is 5.73. The van der Waals surface area contributed by atoms with Gasteiger partial charge in [0.1, 0.15) is 0 Å². The molecular formula is C12H17NO2. The normalized spacial score (nSPS) is 10.2. The first kappa shape index (κ1) is 11.6. The topological polar surface area (TPSA) is 38.3 Å². The van der Waals surface area contributed by atoms with Crippen LogP contribution in [-0.2, 0) is 9.63 Å². The first-order valence-electron chi connectivity index (χ1n) is 5.05. The van der Waals surface area contributed by atoms with Crippen LogP contribution in [0.15, 0.2) is 18.2 Å². The molecule has 0 unspecified atom stereocenters. The molecule has 1 rings (SSSR count). The number of carbonyl (C=O) groups excluding carboxylic acids is 1. The van der Waals surface area contributed by atoms with Gasteiger partial charge in [0.25, 0.3) is 0 Å². The van der Waals surface area contributed by atoms with Crippen molar-refractivity contribution in [1.29, 1.82) is 0 Å². The van der Waals surface area contributed by atoms with Crippen LogP contribution in [0.25, 0.3) is 0 Å². The first-order chi connectivity index (χ1) is 7.02.